The highest BCUT2D eigenvalue weighted by molar-refractivity contribution is 7.97. The normalized spacial score (nSPS) is 17.2. The second-order valence-electron chi connectivity index (χ2n) is 9.14. The van der Waals surface area contributed by atoms with E-state index in [1.807, 2.05) is 0 Å². The number of benzene rings is 2. The maximum atomic E-state index is 14.1. The van der Waals surface area contributed by atoms with Gasteiger partial charge in [0, 0.05) is 24.7 Å². The lowest BCUT2D eigenvalue weighted by Crippen LogP contribution is -2.36. The van der Waals surface area contributed by atoms with Crippen LogP contribution in [0.25, 0.3) is 0 Å². The van der Waals surface area contributed by atoms with Crippen LogP contribution in [-0.4, -0.2) is 48.0 Å². The fraction of sp³-hybridized carbons (Fsp3) is 0.458. The molecule has 36 heavy (non-hydrogen) atoms. The predicted octanol–water partition coefficient (Wildman–Crippen LogP) is 6.84. The van der Waals surface area contributed by atoms with Gasteiger partial charge in [0.15, 0.2) is 0 Å². The number of hydrogen-bond donors (Lipinski definition) is 1. The Morgan fingerprint density at radius 1 is 1.19 bits per heavy atom. The zero-order valence-electron chi connectivity index (χ0n) is 19.8. The molecule has 0 aromatic heterocycles. The van der Waals surface area contributed by atoms with Crippen LogP contribution >= 0.6 is 11.9 Å². The molecule has 0 amide bonds. The van der Waals surface area contributed by atoms with Gasteiger partial charge in [-0.25, -0.2) is 17.5 Å². The van der Waals surface area contributed by atoms with Crippen LogP contribution in [-0.2, 0) is 11.0 Å². The first kappa shape index (κ1) is 28.0. The van der Waals surface area contributed by atoms with Crippen LogP contribution in [0.3, 0.4) is 0 Å². The highest BCUT2D eigenvalue weighted by atomic mass is 32.2. The summed E-state index contributed by atoms with van der Waals surface area (Å²) in [6, 6.07) is 6.77. The minimum atomic E-state index is -4.83. The van der Waals surface area contributed by atoms with Crippen molar-refractivity contribution >= 4 is 29.3 Å². The Hall–Kier alpha value is -2.60. The van der Waals surface area contributed by atoms with E-state index in [1.165, 1.54) is 44.2 Å². The van der Waals surface area contributed by atoms with Crippen LogP contribution in [0.2, 0.25) is 0 Å². The number of carboxylic acid groups (broad SMARTS) is 1. The Balaban J connectivity index is 2.12. The smallest absolute Gasteiger partial charge is 0.420 e. The van der Waals surface area contributed by atoms with Crippen molar-refractivity contribution in [2.24, 2.45) is 5.41 Å². The van der Waals surface area contributed by atoms with E-state index < -0.39 is 60.2 Å². The molecule has 1 atom stereocenters. The SMILES string of the molecule is CN1Sc2cc(OCC(C)(C)C(=O)O)c(C(F)(F)F)cc2N(c2ccc(F)cc2)CC1CCC(F)F. The fourth-order valence-electron chi connectivity index (χ4n) is 3.61. The number of fused-ring (bicyclic) bond motifs is 1. The molecule has 1 aliphatic rings. The Labute approximate surface area is 209 Å². The molecule has 1 heterocycles. The van der Waals surface area contributed by atoms with E-state index in [1.54, 1.807) is 16.3 Å². The first-order valence-corrected chi connectivity index (χ1v) is 11.8. The quantitative estimate of drug-likeness (QED) is 0.295. The van der Waals surface area contributed by atoms with Crippen LogP contribution < -0.4 is 9.64 Å². The van der Waals surface area contributed by atoms with Crippen molar-refractivity contribution in [2.45, 2.75) is 50.2 Å². The zero-order chi connectivity index (χ0) is 26.8. The molecule has 1 N–H and O–H groups in total. The number of carboxylic acids is 1. The molecule has 3 rings (SSSR count). The maximum Gasteiger partial charge on any atom is 0.420 e. The number of alkyl halides is 5. The highest BCUT2D eigenvalue weighted by Gasteiger charge is 2.39. The van der Waals surface area contributed by atoms with Crippen molar-refractivity contribution in [3.63, 3.8) is 0 Å². The molecule has 0 saturated heterocycles. The molecule has 1 unspecified atom stereocenters. The number of anilines is 2. The van der Waals surface area contributed by atoms with Gasteiger partial charge in [-0.2, -0.15) is 13.2 Å². The van der Waals surface area contributed by atoms with Crippen molar-refractivity contribution in [3.8, 4) is 5.75 Å². The average molecular weight is 537 g/mol. The van der Waals surface area contributed by atoms with Gasteiger partial charge >= 0.3 is 12.1 Å². The number of carbonyl (C=O) groups is 1. The third-order valence-electron chi connectivity index (χ3n) is 5.83. The lowest BCUT2D eigenvalue weighted by Gasteiger charge is -2.30. The molecule has 2 aromatic rings. The van der Waals surface area contributed by atoms with Crippen LogP contribution in [0.1, 0.15) is 32.3 Å². The number of halogens is 6. The number of aliphatic carboxylic acids is 1. The molecular weight excluding hydrogens is 510 g/mol. The van der Waals surface area contributed by atoms with Gasteiger partial charge in [-0.1, -0.05) is 0 Å². The number of rotatable bonds is 8. The van der Waals surface area contributed by atoms with Crippen molar-refractivity contribution in [1.29, 1.82) is 0 Å². The third kappa shape index (κ3) is 6.58. The summed E-state index contributed by atoms with van der Waals surface area (Å²) in [4.78, 5) is 13.3. The van der Waals surface area contributed by atoms with Crippen molar-refractivity contribution in [2.75, 3.05) is 25.1 Å². The van der Waals surface area contributed by atoms with Crippen molar-refractivity contribution in [1.82, 2.24) is 4.31 Å². The summed E-state index contributed by atoms with van der Waals surface area (Å²) in [6.07, 6.45) is -7.68. The van der Waals surface area contributed by atoms with E-state index >= 15 is 0 Å². The van der Waals surface area contributed by atoms with E-state index in [0.717, 1.165) is 18.0 Å². The van der Waals surface area contributed by atoms with Crippen LogP contribution in [0.5, 0.6) is 5.75 Å². The Morgan fingerprint density at radius 2 is 1.83 bits per heavy atom. The molecule has 0 saturated carbocycles. The lowest BCUT2D eigenvalue weighted by atomic mass is 9.95. The first-order valence-electron chi connectivity index (χ1n) is 11.0. The molecule has 0 fully saturated rings. The molecule has 198 valence electrons. The van der Waals surface area contributed by atoms with Crippen molar-refractivity contribution < 1.29 is 41.0 Å². The number of nitrogens with zero attached hydrogens (tertiary/aromatic N) is 2. The van der Waals surface area contributed by atoms with E-state index in [0.29, 0.717) is 10.6 Å². The topological polar surface area (TPSA) is 53.0 Å². The van der Waals surface area contributed by atoms with E-state index in [2.05, 4.69) is 0 Å². The van der Waals surface area contributed by atoms with Gasteiger partial charge in [0.2, 0.25) is 6.43 Å². The van der Waals surface area contributed by atoms with Crippen LogP contribution in [0.15, 0.2) is 41.3 Å². The van der Waals surface area contributed by atoms with Gasteiger partial charge in [-0.05, 0) is 75.7 Å². The summed E-state index contributed by atoms with van der Waals surface area (Å²) in [5.74, 6) is -2.30. The Bertz CT molecular complexity index is 1080. The van der Waals surface area contributed by atoms with Gasteiger partial charge < -0.3 is 14.7 Å². The summed E-state index contributed by atoms with van der Waals surface area (Å²) in [5.41, 5.74) is -2.01. The molecule has 0 radical (unpaired) electrons. The second-order valence-corrected chi connectivity index (χ2v) is 10.3. The average Bonchev–Trinajstić information content (AvgIpc) is 2.91. The number of hydrogen-bond acceptors (Lipinski definition) is 5. The molecule has 0 bridgehead atoms. The van der Waals surface area contributed by atoms with Gasteiger partial charge in [0.25, 0.3) is 0 Å². The van der Waals surface area contributed by atoms with Crippen LogP contribution in [0, 0.1) is 11.2 Å². The fourth-order valence-corrected chi connectivity index (χ4v) is 4.66. The maximum absolute atomic E-state index is 14.1. The van der Waals surface area contributed by atoms with Crippen LogP contribution in [0.4, 0.5) is 37.7 Å². The van der Waals surface area contributed by atoms with Crippen molar-refractivity contribution in [3.05, 3.63) is 47.8 Å². The van der Waals surface area contributed by atoms with Gasteiger partial charge in [0.05, 0.1) is 21.6 Å². The summed E-state index contributed by atoms with van der Waals surface area (Å²) in [7, 11) is 1.66. The highest BCUT2D eigenvalue weighted by Crippen LogP contribution is 2.47. The predicted molar refractivity (Wildman–Crippen MR) is 124 cm³/mol. The molecular formula is C24H26F6N2O3S. The molecule has 2 aromatic carbocycles. The third-order valence-corrected chi connectivity index (χ3v) is 6.94. The minimum absolute atomic E-state index is 0.0785. The monoisotopic (exact) mass is 536 g/mol. The number of likely N-dealkylation sites (N-methyl/N-ethyl adjacent to an activating group) is 1. The van der Waals surface area contributed by atoms with E-state index in [-0.39, 0.29) is 18.7 Å². The van der Waals surface area contributed by atoms with Gasteiger partial charge in [-0.15, -0.1) is 0 Å². The standard InChI is InChI=1S/C24H26F6N2O3S/c1-23(2,22(33)34)13-35-19-11-20-18(10-17(19)24(28,29)30)32(15-6-4-14(25)5-7-15)12-16(31(3)36-20)8-9-21(26)27/h4-7,10-11,16,21H,8-9,12-13H2,1-3H3,(H,33,34). The minimum Gasteiger partial charge on any atom is -0.492 e. The molecule has 12 heteroatoms. The summed E-state index contributed by atoms with van der Waals surface area (Å²) in [5, 5.41) is 9.31. The Kier molecular flexibility index (Phi) is 8.39. The Morgan fingerprint density at radius 3 is 2.39 bits per heavy atom. The lowest BCUT2D eigenvalue weighted by molar-refractivity contribution is -0.148. The summed E-state index contributed by atoms with van der Waals surface area (Å²) < 4.78 is 88.8. The van der Waals surface area contributed by atoms with E-state index in [4.69, 9.17) is 4.74 Å². The van der Waals surface area contributed by atoms with Gasteiger partial charge in [0.1, 0.15) is 18.2 Å². The molecule has 0 spiro atoms. The first-order chi connectivity index (χ1) is 16.7. The van der Waals surface area contributed by atoms with E-state index in [9.17, 15) is 36.2 Å². The zero-order valence-corrected chi connectivity index (χ0v) is 20.6. The number of ether oxygens (including phenoxy) is 1. The largest absolute Gasteiger partial charge is 0.492 e. The summed E-state index contributed by atoms with van der Waals surface area (Å²) >= 11 is 1.08. The second kappa shape index (κ2) is 10.8. The molecule has 0 aliphatic carbocycles. The molecule has 5 nitrogen and oxygen atoms in total. The summed E-state index contributed by atoms with van der Waals surface area (Å²) in [6.45, 7) is 2.23. The van der Waals surface area contributed by atoms with Gasteiger partial charge in [-0.3, -0.25) is 4.79 Å². The molecule has 1 aliphatic heterocycles.